The van der Waals surface area contributed by atoms with E-state index < -0.39 is 6.10 Å². The summed E-state index contributed by atoms with van der Waals surface area (Å²) in [5.41, 5.74) is 0. The van der Waals surface area contributed by atoms with E-state index in [0.717, 1.165) is 122 Å². The summed E-state index contributed by atoms with van der Waals surface area (Å²) >= 11 is 0. The van der Waals surface area contributed by atoms with Crippen molar-refractivity contribution < 1.29 is 28.6 Å². The standard InChI is InChI=1S/C75H130O6/c1-4-7-10-13-16-19-22-25-27-29-31-33-35-36-37-38-40-41-43-45-47-50-53-56-59-62-65-68-74(77)80-71-72(70-79-73(76)67-64-61-58-55-52-49-24-21-18-15-12-9-6-3)81-75(78)69-66-63-60-57-54-51-48-46-44-42-39-34-32-30-28-26-23-20-17-14-11-8-5-2/h8,11-12,15,17,20-22,24-26,28-29,31-32,34,72H,4-7,9-10,13-14,16,18-19,23,27,30,33,35-71H2,1-3H3/b11-8-,15-12-,20-17-,24-21-,25-22-,28-26-,31-29-,34-32-. The second kappa shape index (κ2) is 68.8. The lowest BCUT2D eigenvalue weighted by molar-refractivity contribution is -0.167. The van der Waals surface area contributed by atoms with Gasteiger partial charge in [0.2, 0.25) is 0 Å². The van der Waals surface area contributed by atoms with E-state index in [4.69, 9.17) is 14.2 Å². The molecule has 0 aliphatic rings. The number of rotatable bonds is 63. The highest BCUT2D eigenvalue weighted by atomic mass is 16.6. The first-order valence-corrected chi connectivity index (χ1v) is 34.7. The van der Waals surface area contributed by atoms with Gasteiger partial charge in [-0.05, 0) is 116 Å². The molecule has 1 unspecified atom stereocenters. The molecule has 0 fully saturated rings. The molecule has 81 heavy (non-hydrogen) atoms. The minimum absolute atomic E-state index is 0.0819. The van der Waals surface area contributed by atoms with Crippen LogP contribution < -0.4 is 0 Å². The Labute approximate surface area is 502 Å². The minimum atomic E-state index is -0.788. The van der Waals surface area contributed by atoms with Crippen molar-refractivity contribution >= 4 is 17.9 Å². The monoisotopic (exact) mass is 1130 g/mol. The van der Waals surface area contributed by atoms with Crippen LogP contribution in [-0.4, -0.2) is 37.2 Å². The molecular weight excluding hydrogens is 997 g/mol. The third-order valence-corrected chi connectivity index (χ3v) is 15.0. The third-order valence-electron chi connectivity index (χ3n) is 15.0. The second-order valence-electron chi connectivity index (χ2n) is 23.1. The van der Waals surface area contributed by atoms with Gasteiger partial charge in [0.25, 0.3) is 0 Å². The van der Waals surface area contributed by atoms with Gasteiger partial charge in [-0.15, -0.1) is 0 Å². The minimum Gasteiger partial charge on any atom is -0.462 e. The fourth-order valence-corrected chi connectivity index (χ4v) is 9.86. The summed E-state index contributed by atoms with van der Waals surface area (Å²) in [5.74, 6) is -0.887. The average molecular weight is 1130 g/mol. The Kier molecular flexibility index (Phi) is 65.7. The Balaban J connectivity index is 4.27. The van der Waals surface area contributed by atoms with Gasteiger partial charge in [-0.25, -0.2) is 0 Å². The molecule has 0 aliphatic heterocycles. The lowest BCUT2D eigenvalue weighted by atomic mass is 10.0. The molecule has 0 aromatic heterocycles. The summed E-state index contributed by atoms with van der Waals surface area (Å²) in [6.07, 6.45) is 92.9. The van der Waals surface area contributed by atoms with Crippen molar-refractivity contribution in [2.45, 2.75) is 348 Å². The fourth-order valence-electron chi connectivity index (χ4n) is 9.86. The third kappa shape index (κ3) is 67.0. The van der Waals surface area contributed by atoms with E-state index in [1.807, 2.05) is 0 Å². The summed E-state index contributed by atoms with van der Waals surface area (Å²) in [4.78, 5) is 38.4. The zero-order chi connectivity index (χ0) is 58.5. The molecule has 0 aliphatic carbocycles. The van der Waals surface area contributed by atoms with Gasteiger partial charge in [-0.3, -0.25) is 14.4 Å². The highest BCUT2D eigenvalue weighted by molar-refractivity contribution is 5.71. The van der Waals surface area contributed by atoms with E-state index >= 15 is 0 Å². The molecule has 0 N–H and O–H groups in total. The van der Waals surface area contributed by atoms with E-state index in [1.165, 1.54) is 180 Å². The topological polar surface area (TPSA) is 78.9 Å². The summed E-state index contributed by atoms with van der Waals surface area (Å²) in [7, 11) is 0. The number of carbonyl (C=O) groups excluding carboxylic acids is 3. The SMILES string of the molecule is CC/C=C\C/C=C\C/C=C\C/C=C\CCCCCCCCCCCCC(=O)OC(COC(=O)CCCCCCC/C=C\C/C=C\CCC)COC(=O)CCCCCCCCCCCCCCCCC/C=C\C/C=C\CCCCCCC. The molecule has 0 heterocycles. The van der Waals surface area contributed by atoms with Crippen molar-refractivity contribution in [2.24, 2.45) is 0 Å². The summed E-state index contributed by atoms with van der Waals surface area (Å²) in [5, 5.41) is 0. The van der Waals surface area contributed by atoms with Crippen LogP contribution in [0.4, 0.5) is 0 Å². The van der Waals surface area contributed by atoms with Crippen LogP contribution in [0.5, 0.6) is 0 Å². The van der Waals surface area contributed by atoms with Crippen LogP contribution in [0.15, 0.2) is 97.2 Å². The summed E-state index contributed by atoms with van der Waals surface area (Å²) in [6, 6.07) is 0. The molecular formula is C75H130O6. The van der Waals surface area contributed by atoms with Crippen molar-refractivity contribution in [2.75, 3.05) is 13.2 Å². The molecule has 0 spiro atoms. The molecule has 6 nitrogen and oxygen atoms in total. The number of hydrogen-bond acceptors (Lipinski definition) is 6. The number of ether oxygens (including phenoxy) is 3. The van der Waals surface area contributed by atoms with Gasteiger partial charge in [0.15, 0.2) is 6.10 Å². The van der Waals surface area contributed by atoms with Gasteiger partial charge in [-0.2, -0.15) is 0 Å². The maximum atomic E-state index is 12.9. The second-order valence-corrected chi connectivity index (χ2v) is 23.1. The van der Waals surface area contributed by atoms with Gasteiger partial charge in [0.05, 0.1) is 0 Å². The number of hydrogen-bond donors (Lipinski definition) is 0. The van der Waals surface area contributed by atoms with Crippen LogP contribution in [0.3, 0.4) is 0 Å². The number of carbonyl (C=O) groups is 3. The number of unbranched alkanes of at least 4 members (excludes halogenated alkanes) is 36. The normalized spacial score (nSPS) is 12.7. The van der Waals surface area contributed by atoms with E-state index in [9.17, 15) is 14.4 Å². The predicted molar refractivity (Wildman–Crippen MR) is 353 cm³/mol. The Bertz CT molecular complexity index is 1580. The molecule has 0 aromatic carbocycles. The molecule has 0 saturated carbocycles. The van der Waals surface area contributed by atoms with Gasteiger partial charge in [0, 0.05) is 19.3 Å². The summed E-state index contributed by atoms with van der Waals surface area (Å²) in [6.45, 7) is 6.48. The molecule has 0 saturated heterocycles. The molecule has 0 amide bonds. The zero-order valence-corrected chi connectivity index (χ0v) is 53.5. The number of allylic oxidation sites excluding steroid dienone is 16. The van der Waals surface area contributed by atoms with Crippen LogP contribution >= 0.6 is 0 Å². The van der Waals surface area contributed by atoms with Crippen LogP contribution in [0.1, 0.15) is 342 Å². The van der Waals surface area contributed by atoms with Gasteiger partial charge < -0.3 is 14.2 Å². The lowest BCUT2D eigenvalue weighted by Gasteiger charge is -2.18. The highest BCUT2D eigenvalue weighted by Gasteiger charge is 2.19. The first-order chi connectivity index (χ1) is 40.0. The van der Waals surface area contributed by atoms with Crippen LogP contribution in [0.2, 0.25) is 0 Å². The summed E-state index contributed by atoms with van der Waals surface area (Å²) < 4.78 is 17.0. The van der Waals surface area contributed by atoms with Crippen molar-refractivity contribution in [3.63, 3.8) is 0 Å². The van der Waals surface area contributed by atoms with Gasteiger partial charge in [-0.1, -0.05) is 304 Å². The first kappa shape index (κ1) is 77.3. The largest absolute Gasteiger partial charge is 0.462 e. The van der Waals surface area contributed by atoms with E-state index in [2.05, 4.69) is 118 Å². The molecule has 0 bridgehead atoms. The maximum Gasteiger partial charge on any atom is 0.306 e. The van der Waals surface area contributed by atoms with Crippen molar-refractivity contribution in [3.8, 4) is 0 Å². The molecule has 0 aromatic rings. The van der Waals surface area contributed by atoms with E-state index in [0.29, 0.717) is 19.3 Å². The maximum absolute atomic E-state index is 12.9. The van der Waals surface area contributed by atoms with Crippen LogP contribution in [0.25, 0.3) is 0 Å². The average Bonchev–Trinajstić information content (AvgIpc) is 3.46. The smallest absolute Gasteiger partial charge is 0.306 e. The van der Waals surface area contributed by atoms with Crippen LogP contribution in [0, 0.1) is 0 Å². The molecule has 6 heteroatoms. The van der Waals surface area contributed by atoms with Crippen molar-refractivity contribution in [1.82, 2.24) is 0 Å². The van der Waals surface area contributed by atoms with Crippen molar-refractivity contribution in [3.05, 3.63) is 97.2 Å². The van der Waals surface area contributed by atoms with E-state index in [-0.39, 0.29) is 31.1 Å². The quantitative estimate of drug-likeness (QED) is 0.0261. The molecule has 0 rings (SSSR count). The number of esters is 3. The van der Waals surface area contributed by atoms with E-state index in [1.54, 1.807) is 0 Å². The first-order valence-electron chi connectivity index (χ1n) is 34.7. The highest BCUT2D eigenvalue weighted by Crippen LogP contribution is 2.17. The fraction of sp³-hybridized carbons (Fsp3) is 0.747. The van der Waals surface area contributed by atoms with Gasteiger partial charge in [0.1, 0.15) is 13.2 Å². The Hall–Kier alpha value is -3.67. The Morgan fingerprint density at radius 1 is 0.259 bits per heavy atom. The van der Waals surface area contributed by atoms with Gasteiger partial charge >= 0.3 is 17.9 Å². The van der Waals surface area contributed by atoms with Crippen LogP contribution in [-0.2, 0) is 28.6 Å². The Morgan fingerprint density at radius 3 is 0.802 bits per heavy atom. The predicted octanol–water partition coefficient (Wildman–Crippen LogP) is 24.0. The molecule has 1 atom stereocenters. The zero-order valence-electron chi connectivity index (χ0n) is 53.5. The Morgan fingerprint density at radius 2 is 0.506 bits per heavy atom. The molecule has 0 radical (unpaired) electrons. The molecule has 466 valence electrons. The van der Waals surface area contributed by atoms with Crippen molar-refractivity contribution in [1.29, 1.82) is 0 Å². The lowest BCUT2D eigenvalue weighted by Crippen LogP contribution is -2.30.